The molecule has 3 aliphatic carbocycles. The number of Topliss-reactive ketones (excluding diaryl/α,β-unsaturated/α-hetero) is 2. The highest BCUT2D eigenvalue weighted by Gasteiger charge is 2.40. The van der Waals surface area contributed by atoms with Gasteiger partial charge in [-0.2, -0.15) is 8.42 Å². The Balaban J connectivity index is 2.26. The zero-order valence-electron chi connectivity index (χ0n) is 11.4. The van der Waals surface area contributed by atoms with Crippen LogP contribution in [-0.4, -0.2) is 30.6 Å². The Hall–Kier alpha value is -2.03. The monoisotopic (exact) mass is 321 g/mol. The van der Waals surface area contributed by atoms with Gasteiger partial charge in [0.05, 0.1) is 16.2 Å². The second-order valence-electron chi connectivity index (χ2n) is 5.35. The summed E-state index contributed by atoms with van der Waals surface area (Å²) >= 11 is 0. The molecular weight excluding hydrogens is 308 g/mol. The van der Waals surface area contributed by atoms with Crippen molar-refractivity contribution >= 4 is 21.7 Å². The lowest BCUT2D eigenvalue weighted by Crippen LogP contribution is -2.36. The van der Waals surface area contributed by atoms with Gasteiger partial charge in [-0.1, -0.05) is 12.2 Å². The number of nitrogens with two attached hydrogens (primary N) is 1. The summed E-state index contributed by atoms with van der Waals surface area (Å²) < 4.78 is 32.0. The molecule has 0 aromatic carbocycles. The van der Waals surface area contributed by atoms with Crippen molar-refractivity contribution in [2.45, 2.75) is 25.3 Å². The van der Waals surface area contributed by atoms with E-state index in [0.29, 0.717) is 12.8 Å². The molecule has 116 valence electrons. The van der Waals surface area contributed by atoms with Gasteiger partial charge in [0.2, 0.25) is 0 Å². The Bertz CT molecular complexity index is 842. The molecule has 0 aliphatic heterocycles. The van der Waals surface area contributed by atoms with Crippen LogP contribution in [0.3, 0.4) is 0 Å². The van der Waals surface area contributed by atoms with Crippen molar-refractivity contribution in [2.75, 3.05) is 0 Å². The highest BCUT2D eigenvalue weighted by molar-refractivity contribution is 7.89. The second-order valence-corrected chi connectivity index (χ2v) is 6.79. The lowest BCUT2D eigenvalue weighted by atomic mass is 9.74. The van der Waals surface area contributed by atoms with E-state index in [0.717, 1.165) is 0 Å². The minimum atomic E-state index is -4.62. The van der Waals surface area contributed by atoms with Crippen LogP contribution in [0.1, 0.15) is 19.3 Å². The molecule has 0 saturated heterocycles. The minimum Gasteiger partial charge on any atom is -0.670 e. The van der Waals surface area contributed by atoms with Crippen LogP contribution < -0.4 is 5.73 Å². The van der Waals surface area contributed by atoms with Crippen molar-refractivity contribution in [3.05, 3.63) is 50.8 Å². The molecule has 0 fully saturated rings. The fourth-order valence-electron chi connectivity index (χ4n) is 3.03. The summed E-state index contributed by atoms with van der Waals surface area (Å²) in [5.74, 6) is -0.984. The smallest absolute Gasteiger partial charge is 0.292 e. The van der Waals surface area contributed by atoms with E-state index in [1.165, 1.54) is 0 Å². The highest BCUT2D eigenvalue weighted by atomic mass is 32.2. The maximum absolute atomic E-state index is 12.6. The molecule has 22 heavy (non-hydrogen) atoms. The van der Waals surface area contributed by atoms with Gasteiger partial charge in [0.1, 0.15) is 0 Å². The molecule has 1 atom stereocenters. The van der Waals surface area contributed by atoms with E-state index in [1.807, 2.05) is 0 Å². The van der Waals surface area contributed by atoms with Crippen LogP contribution in [0.15, 0.2) is 45.0 Å². The molecule has 8 heteroatoms. The van der Waals surface area contributed by atoms with Gasteiger partial charge in [0.15, 0.2) is 11.6 Å². The third-order valence-electron chi connectivity index (χ3n) is 4.05. The molecule has 7 nitrogen and oxygen atoms in total. The second kappa shape index (κ2) is 4.73. The predicted octanol–water partition coefficient (Wildman–Crippen LogP) is 0.964. The summed E-state index contributed by atoms with van der Waals surface area (Å²) in [5, 5.41) is 0. The Morgan fingerprint density at radius 3 is 2.59 bits per heavy atom. The summed E-state index contributed by atoms with van der Waals surface area (Å²) in [6, 6.07) is -1.25. The summed E-state index contributed by atoms with van der Waals surface area (Å²) in [6.07, 6.45) is 3.88. The first-order chi connectivity index (χ1) is 10.2. The molecule has 0 aromatic rings. The van der Waals surface area contributed by atoms with Crippen molar-refractivity contribution < 1.29 is 22.6 Å². The van der Waals surface area contributed by atoms with Crippen LogP contribution in [0.2, 0.25) is 0 Å². The van der Waals surface area contributed by atoms with Gasteiger partial charge in [-0.15, -0.1) is 6.04 Å². The van der Waals surface area contributed by atoms with Crippen molar-refractivity contribution in [1.29, 1.82) is 0 Å². The molecule has 4 N–H and O–H groups in total. The Labute approximate surface area is 126 Å². The quantitative estimate of drug-likeness (QED) is 0.545. The Kier molecular flexibility index (Phi) is 3.20. The van der Waals surface area contributed by atoms with E-state index in [-0.39, 0.29) is 22.3 Å². The average molecular weight is 321 g/mol. The number of allylic oxidation sites excluding steroid dienone is 5. The van der Waals surface area contributed by atoms with Crippen LogP contribution >= 0.6 is 0 Å². The third kappa shape index (κ3) is 1.99. The van der Waals surface area contributed by atoms with E-state index >= 15 is 0 Å². The first kappa shape index (κ1) is 14.9. The van der Waals surface area contributed by atoms with Crippen LogP contribution in [0.5, 0.6) is 0 Å². The van der Waals surface area contributed by atoms with Crippen LogP contribution in [0, 0.1) is 0 Å². The fraction of sp³-hybridized carbons (Fsp3) is 0.286. The topological polar surface area (TPSA) is 138 Å². The molecule has 0 saturated carbocycles. The zero-order chi connectivity index (χ0) is 16.2. The maximum Gasteiger partial charge on any atom is 0.292 e. The van der Waals surface area contributed by atoms with E-state index in [1.54, 1.807) is 12.2 Å². The molecule has 0 spiro atoms. The van der Waals surface area contributed by atoms with E-state index in [9.17, 15) is 22.6 Å². The van der Waals surface area contributed by atoms with Crippen molar-refractivity contribution in [3.8, 4) is 0 Å². The zero-order valence-corrected chi connectivity index (χ0v) is 12.2. The molecule has 1 unspecified atom stereocenters. The summed E-state index contributed by atoms with van der Waals surface area (Å²) in [4.78, 5) is 24.5. The third-order valence-corrected chi connectivity index (χ3v) is 5.06. The molecule has 3 aliphatic rings. The Morgan fingerprint density at radius 1 is 1.27 bits per heavy atom. The summed E-state index contributed by atoms with van der Waals surface area (Å²) in [5.41, 5.74) is 13.5. The summed E-state index contributed by atoms with van der Waals surface area (Å²) in [7, 11) is -4.62. The fourth-order valence-corrected chi connectivity index (χ4v) is 3.78. The lowest BCUT2D eigenvalue weighted by Gasteiger charge is -2.35. The maximum atomic E-state index is 12.6. The Morgan fingerprint density at radius 2 is 1.95 bits per heavy atom. The molecular formula is C14H13N2O5S-. The molecule has 0 heterocycles. The molecule has 0 amide bonds. The van der Waals surface area contributed by atoms with Crippen molar-refractivity contribution in [2.24, 2.45) is 5.73 Å². The molecule has 0 radical (unpaired) electrons. The van der Waals surface area contributed by atoms with Gasteiger partial charge in [-0.05, 0) is 24.8 Å². The molecule has 0 aromatic heterocycles. The van der Waals surface area contributed by atoms with E-state index in [4.69, 9.17) is 11.5 Å². The highest BCUT2D eigenvalue weighted by Crippen LogP contribution is 2.40. The van der Waals surface area contributed by atoms with Gasteiger partial charge >= 0.3 is 0 Å². The number of hydrogen-bond acceptors (Lipinski definition) is 5. The lowest BCUT2D eigenvalue weighted by molar-refractivity contribution is -0.116. The number of ketones is 2. The van der Waals surface area contributed by atoms with Gasteiger partial charge in [0.25, 0.3) is 10.1 Å². The van der Waals surface area contributed by atoms with Crippen molar-refractivity contribution in [3.63, 3.8) is 0 Å². The van der Waals surface area contributed by atoms with Gasteiger partial charge < -0.3 is 11.5 Å². The average Bonchev–Trinajstić information content (AvgIpc) is 2.45. The first-order valence-corrected chi connectivity index (χ1v) is 8.08. The van der Waals surface area contributed by atoms with Gasteiger partial charge in [-0.25, -0.2) is 0 Å². The number of carbonyl (C=O) groups is 2. The van der Waals surface area contributed by atoms with Crippen LogP contribution in [-0.2, 0) is 19.7 Å². The standard InChI is InChI=1S/C14H13N2O5S/c15-8-5-9(22(19,20)21)12(16)11-10(8)13(17)6-3-1-2-4-7(6)14(11)18/h1,3,8,15H,2,4-5,16H2,(H,19,20,21)/q-1. The minimum absolute atomic E-state index is 0.0831. The van der Waals surface area contributed by atoms with Crippen molar-refractivity contribution in [1.82, 2.24) is 0 Å². The summed E-state index contributed by atoms with van der Waals surface area (Å²) in [6.45, 7) is 0. The molecule has 0 bridgehead atoms. The van der Waals surface area contributed by atoms with Gasteiger partial charge in [-0.3, -0.25) is 14.1 Å². The number of hydrogen-bond donors (Lipinski definition) is 2. The first-order valence-electron chi connectivity index (χ1n) is 6.64. The van der Waals surface area contributed by atoms with E-state index < -0.39 is 44.7 Å². The SMILES string of the molecule is [NH-]C1CC(S(=O)(=O)O)=C(N)C2=C1C(=O)C1=C(CCC=C1)C2=O. The normalized spacial score (nSPS) is 25.6. The van der Waals surface area contributed by atoms with E-state index in [2.05, 4.69) is 0 Å². The largest absolute Gasteiger partial charge is 0.670 e. The van der Waals surface area contributed by atoms with Gasteiger partial charge in [0, 0.05) is 11.1 Å². The number of rotatable bonds is 1. The predicted molar refractivity (Wildman–Crippen MR) is 77.9 cm³/mol. The van der Waals surface area contributed by atoms with Crippen LogP contribution in [0.25, 0.3) is 5.73 Å². The molecule has 3 rings (SSSR count). The number of carbonyl (C=O) groups excluding carboxylic acids is 2. The van der Waals surface area contributed by atoms with Crippen LogP contribution in [0.4, 0.5) is 0 Å². The number of nitrogens with one attached hydrogen (secondary N) is 1.